The molecule has 19 heavy (non-hydrogen) atoms. The molecule has 0 bridgehead atoms. The molecule has 1 aromatic heterocycles. The number of aromatic nitrogens is 2. The number of ether oxygens (including phenoxy) is 1. The van der Waals surface area contributed by atoms with Crippen molar-refractivity contribution in [1.29, 1.82) is 0 Å². The number of nitrogens with zero attached hydrogens (tertiary/aromatic N) is 1. The van der Waals surface area contributed by atoms with E-state index in [-0.39, 0.29) is 12.5 Å². The number of benzene rings is 1. The van der Waals surface area contributed by atoms with Gasteiger partial charge in [0.2, 0.25) is 5.91 Å². The molecule has 0 spiro atoms. The third kappa shape index (κ3) is 3.15. The Hall–Kier alpha value is -1.37. The maximum Gasteiger partial charge on any atom is 0.240 e. The fourth-order valence-electron chi connectivity index (χ4n) is 1.82. The largest absolute Gasteiger partial charge is 0.383 e. The number of imidazole rings is 1. The number of para-hydroxylation sites is 1. The molecule has 2 aromatic rings. The fourth-order valence-corrected chi connectivity index (χ4v) is 2.36. The number of halogens is 1. The Kier molecular flexibility index (Phi) is 4.57. The highest BCUT2D eigenvalue weighted by Crippen LogP contribution is 2.23. The van der Waals surface area contributed by atoms with E-state index in [1.807, 2.05) is 12.1 Å². The van der Waals surface area contributed by atoms with E-state index in [1.165, 1.54) is 0 Å². The van der Waals surface area contributed by atoms with Gasteiger partial charge in [-0.3, -0.25) is 4.79 Å². The van der Waals surface area contributed by atoms with E-state index in [9.17, 15) is 4.79 Å². The van der Waals surface area contributed by atoms with Crippen LogP contribution in [-0.2, 0) is 16.1 Å². The average molecular weight is 300 g/mol. The van der Waals surface area contributed by atoms with Crippen LogP contribution in [0.3, 0.4) is 0 Å². The molecule has 102 valence electrons. The zero-order chi connectivity index (χ0) is 13.8. The summed E-state index contributed by atoms with van der Waals surface area (Å²) in [5, 5.41) is 3.31. The number of hydrogen-bond acceptors (Lipinski definition) is 3. The fraction of sp³-hybridized carbons (Fsp3) is 0.333. The number of rotatable bonds is 5. The minimum absolute atomic E-state index is 0.131. The van der Waals surface area contributed by atoms with E-state index in [0.717, 1.165) is 11.0 Å². The number of carbonyl (C=O) groups is 1. The van der Waals surface area contributed by atoms with Crippen molar-refractivity contribution in [3.05, 3.63) is 28.0 Å². The molecule has 2 rings (SSSR count). The van der Waals surface area contributed by atoms with Crippen LogP contribution in [0.25, 0.3) is 11.0 Å². The summed E-state index contributed by atoms with van der Waals surface area (Å²) in [4.78, 5) is 14.8. The van der Waals surface area contributed by atoms with E-state index >= 15 is 0 Å². The van der Waals surface area contributed by atoms with Gasteiger partial charge in [0.15, 0.2) is 4.77 Å². The number of aromatic amines is 1. The van der Waals surface area contributed by atoms with Gasteiger partial charge in [0, 0.05) is 13.7 Å². The number of amides is 1. The summed E-state index contributed by atoms with van der Waals surface area (Å²) in [6, 6.07) is 5.47. The first-order valence-electron chi connectivity index (χ1n) is 5.76. The van der Waals surface area contributed by atoms with E-state index in [0.29, 0.717) is 22.9 Å². The Labute approximate surface area is 120 Å². The smallest absolute Gasteiger partial charge is 0.240 e. The maximum absolute atomic E-state index is 11.8. The molecule has 0 saturated carbocycles. The van der Waals surface area contributed by atoms with Crippen molar-refractivity contribution in [2.45, 2.75) is 6.54 Å². The molecule has 0 atom stereocenters. The predicted molar refractivity (Wildman–Crippen MR) is 77.0 cm³/mol. The molecule has 0 saturated heterocycles. The standard InChI is InChI=1S/C12H14ClN3O2S/c1-18-6-5-14-10(17)7-16-11-8(13)3-2-4-9(11)15-12(16)19/h2-4H,5-7H2,1H3,(H,14,17)(H,15,19). The first-order chi connectivity index (χ1) is 9.13. The Morgan fingerprint density at radius 1 is 1.58 bits per heavy atom. The Balaban J connectivity index is 2.23. The molecule has 0 unspecified atom stereocenters. The summed E-state index contributed by atoms with van der Waals surface area (Å²) in [5.41, 5.74) is 1.57. The van der Waals surface area contributed by atoms with E-state index < -0.39 is 0 Å². The monoisotopic (exact) mass is 299 g/mol. The van der Waals surface area contributed by atoms with Crippen LogP contribution in [0.5, 0.6) is 0 Å². The van der Waals surface area contributed by atoms with Crippen LogP contribution in [0.4, 0.5) is 0 Å². The third-order valence-corrected chi connectivity index (χ3v) is 3.30. The molecule has 5 nitrogen and oxygen atoms in total. The predicted octanol–water partition coefficient (Wildman–Crippen LogP) is 2.11. The van der Waals surface area contributed by atoms with Crippen molar-refractivity contribution >= 4 is 40.8 Å². The summed E-state index contributed by atoms with van der Waals surface area (Å²) in [7, 11) is 1.59. The van der Waals surface area contributed by atoms with Gasteiger partial charge < -0.3 is 19.6 Å². The van der Waals surface area contributed by atoms with Crippen LogP contribution in [-0.4, -0.2) is 35.7 Å². The molecular weight excluding hydrogens is 286 g/mol. The van der Waals surface area contributed by atoms with Crippen molar-refractivity contribution in [2.24, 2.45) is 0 Å². The second kappa shape index (κ2) is 6.18. The molecule has 0 aliphatic carbocycles. The molecule has 1 heterocycles. The van der Waals surface area contributed by atoms with Crippen molar-refractivity contribution in [2.75, 3.05) is 20.3 Å². The van der Waals surface area contributed by atoms with Crippen molar-refractivity contribution in [3.63, 3.8) is 0 Å². The lowest BCUT2D eigenvalue weighted by Gasteiger charge is -2.07. The summed E-state index contributed by atoms with van der Waals surface area (Å²) < 4.78 is 7.04. The van der Waals surface area contributed by atoms with Crippen molar-refractivity contribution in [3.8, 4) is 0 Å². The molecule has 0 aliphatic heterocycles. The van der Waals surface area contributed by atoms with Gasteiger partial charge in [0.05, 0.1) is 22.7 Å². The minimum Gasteiger partial charge on any atom is -0.383 e. The van der Waals surface area contributed by atoms with Crippen LogP contribution in [0, 0.1) is 4.77 Å². The zero-order valence-corrected chi connectivity index (χ0v) is 12.0. The van der Waals surface area contributed by atoms with E-state index in [4.69, 9.17) is 28.6 Å². The van der Waals surface area contributed by atoms with Gasteiger partial charge in [0.25, 0.3) is 0 Å². The topological polar surface area (TPSA) is 59.0 Å². The van der Waals surface area contributed by atoms with Gasteiger partial charge in [-0.2, -0.15) is 0 Å². The average Bonchev–Trinajstić information content (AvgIpc) is 2.67. The number of hydrogen-bond donors (Lipinski definition) is 2. The van der Waals surface area contributed by atoms with E-state index in [2.05, 4.69) is 10.3 Å². The Morgan fingerprint density at radius 2 is 2.37 bits per heavy atom. The van der Waals surface area contributed by atoms with Gasteiger partial charge >= 0.3 is 0 Å². The van der Waals surface area contributed by atoms with Crippen molar-refractivity contribution < 1.29 is 9.53 Å². The quantitative estimate of drug-likeness (QED) is 0.657. The van der Waals surface area contributed by atoms with Crippen LogP contribution >= 0.6 is 23.8 Å². The number of fused-ring (bicyclic) bond motifs is 1. The summed E-state index contributed by atoms with van der Waals surface area (Å²) >= 11 is 11.4. The lowest BCUT2D eigenvalue weighted by atomic mass is 10.3. The summed E-state index contributed by atoms with van der Waals surface area (Å²) in [5.74, 6) is -0.131. The van der Waals surface area contributed by atoms with Gasteiger partial charge in [0.1, 0.15) is 6.54 Å². The Bertz CT molecular complexity index is 650. The SMILES string of the molecule is COCCNC(=O)Cn1c(=S)[nH]c2cccc(Cl)c21. The molecule has 0 fully saturated rings. The number of nitrogens with one attached hydrogen (secondary N) is 2. The summed E-state index contributed by atoms with van der Waals surface area (Å²) in [6.45, 7) is 1.08. The lowest BCUT2D eigenvalue weighted by Crippen LogP contribution is -2.30. The van der Waals surface area contributed by atoms with Crippen LogP contribution in [0.1, 0.15) is 0 Å². The van der Waals surface area contributed by atoms with Crippen LogP contribution in [0.2, 0.25) is 5.02 Å². The second-order valence-electron chi connectivity index (χ2n) is 4.00. The highest BCUT2D eigenvalue weighted by Gasteiger charge is 2.11. The van der Waals surface area contributed by atoms with Gasteiger partial charge in [-0.05, 0) is 24.4 Å². The lowest BCUT2D eigenvalue weighted by molar-refractivity contribution is -0.121. The van der Waals surface area contributed by atoms with Gasteiger partial charge in [-0.15, -0.1) is 0 Å². The highest BCUT2D eigenvalue weighted by molar-refractivity contribution is 7.71. The molecular formula is C12H14ClN3O2S. The normalized spacial score (nSPS) is 10.8. The van der Waals surface area contributed by atoms with Crippen LogP contribution in [0.15, 0.2) is 18.2 Å². The molecule has 0 radical (unpaired) electrons. The molecule has 7 heteroatoms. The maximum atomic E-state index is 11.8. The Morgan fingerprint density at radius 3 is 3.11 bits per heavy atom. The van der Waals surface area contributed by atoms with E-state index in [1.54, 1.807) is 17.7 Å². The zero-order valence-electron chi connectivity index (χ0n) is 10.4. The number of carbonyl (C=O) groups excluding carboxylic acids is 1. The molecule has 2 N–H and O–H groups in total. The first-order valence-corrected chi connectivity index (χ1v) is 6.54. The molecule has 0 aliphatic rings. The third-order valence-electron chi connectivity index (χ3n) is 2.67. The minimum atomic E-state index is -0.131. The second-order valence-corrected chi connectivity index (χ2v) is 4.79. The number of methoxy groups -OCH3 is 1. The van der Waals surface area contributed by atoms with Gasteiger partial charge in [-0.25, -0.2) is 0 Å². The van der Waals surface area contributed by atoms with Crippen molar-refractivity contribution in [1.82, 2.24) is 14.9 Å². The first kappa shape index (κ1) is 14.0. The number of H-pyrrole nitrogens is 1. The van der Waals surface area contributed by atoms with Gasteiger partial charge in [-0.1, -0.05) is 17.7 Å². The highest BCUT2D eigenvalue weighted by atomic mass is 35.5. The molecule has 1 aromatic carbocycles. The van der Waals surface area contributed by atoms with Crippen LogP contribution < -0.4 is 5.32 Å². The molecule has 1 amide bonds. The summed E-state index contributed by atoms with van der Waals surface area (Å²) in [6.07, 6.45) is 0.